The van der Waals surface area contributed by atoms with Crippen molar-refractivity contribution >= 4 is 0 Å². The number of benzene rings is 1. The molecule has 0 spiro atoms. The summed E-state index contributed by atoms with van der Waals surface area (Å²) in [6.45, 7) is 2.23. The summed E-state index contributed by atoms with van der Waals surface area (Å²) < 4.78 is 18.1. The highest BCUT2D eigenvalue weighted by molar-refractivity contribution is 5.60. The number of nitrogens with zero attached hydrogens (tertiary/aromatic N) is 1. The van der Waals surface area contributed by atoms with Gasteiger partial charge in [0, 0.05) is 12.7 Å². The molecule has 1 heterocycles. The van der Waals surface area contributed by atoms with Crippen LogP contribution in [0, 0.1) is 12.7 Å². The fraction of sp³-hybridized carbons (Fsp3) is 0.250. The predicted octanol–water partition coefficient (Wildman–Crippen LogP) is 2.67. The normalized spacial score (nSPS) is 10.7. The van der Waals surface area contributed by atoms with E-state index in [1.807, 2.05) is 6.07 Å². The minimum Gasteiger partial charge on any atom is -0.378 e. The lowest BCUT2D eigenvalue weighted by Gasteiger charge is -1.99. The highest BCUT2D eigenvalue weighted by atomic mass is 19.1. The summed E-state index contributed by atoms with van der Waals surface area (Å²) in [5.74, 6) is -0.198. The summed E-state index contributed by atoms with van der Waals surface area (Å²) in [6, 6.07) is 6.85. The molecule has 0 atom stereocenters. The number of hydrogen-bond donors (Lipinski definition) is 1. The summed E-state index contributed by atoms with van der Waals surface area (Å²) in [4.78, 5) is 0. The monoisotopic (exact) mass is 220 g/mol. The zero-order valence-electron chi connectivity index (χ0n) is 9.25. The second kappa shape index (κ2) is 4.45. The highest BCUT2D eigenvalue weighted by Crippen LogP contribution is 2.20. The lowest BCUT2D eigenvalue weighted by atomic mass is 10.1. The summed E-state index contributed by atoms with van der Waals surface area (Å²) in [7, 11) is 1.63. The van der Waals surface area contributed by atoms with Gasteiger partial charge in [0.25, 0.3) is 0 Å². The maximum atomic E-state index is 13.1. The molecule has 1 aromatic heterocycles. The molecule has 0 aliphatic heterocycles. The first-order valence-electron chi connectivity index (χ1n) is 5.00. The largest absolute Gasteiger partial charge is 0.378 e. The van der Waals surface area contributed by atoms with E-state index in [0.717, 1.165) is 17.0 Å². The van der Waals surface area contributed by atoms with Gasteiger partial charge in [0.2, 0.25) is 0 Å². The van der Waals surface area contributed by atoms with E-state index in [0.29, 0.717) is 12.2 Å². The Morgan fingerprint density at radius 2 is 2.19 bits per heavy atom. The average Bonchev–Trinajstić information content (AvgIpc) is 2.71. The molecule has 0 saturated carbocycles. The van der Waals surface area contributed by atoms with Gasteiger partial charge in [-0.1, -0.05) is 0 Å². The number of rotatable bonds is 3. The van der Waals surface area contributed by atoms with Crippen molar-refractivity contribution in [2.75, 3.05) is 7.11 Å². The number of aromatic nitrogens is 2. The van der Waals surface area contributed by atoms with Crippen LogP contribution in [0.4, 0.5) is 4.39 Å². The smallest absolute Gasteiger partial charge is 0.126 e. The summed E-state index contributed by atoms with van der Waals surface area (Å²) in [5.41, 5.74) is 3.22. The van der Waals surface area contributed by atoms with E-state index in [2.05, 4.69) is 10.2 Å². The Kier molecular flexibility index (Phi) is 3.01. The lowest BCUT2D eigenvalue weighted by molar-refractivity contribution is 0.181. The van der Waals surface area contributed by atoms with Crippen LogP contribution in [-0.4, -0.2) is 17.3 Å². The van der Waals surface area contributed by atoms with Crippen LogP contribution in [0.15, 0.2) is 24.3 Å². The second-order valence-corrected chi connectivity index (χ2v) is 3.68. The number of methoxy groups -OCH3 is 1. The number of ether oxygens (including phenoxy) is 1. The third-order valence-corrected chi connectivity index (χ3v) is 2.38. The highest BCUT2D eigenvalue weighted by Gasteiger charge is 2.05. The second-order valence-electron chi connectivity index (χ2n) is 3.68. The van der Waals surface area contributed by atoms with Gasteiger partial charge in [-0.25, -0.2) is 4.39 Å². The Hall–Kier alpha value is -1.68. The van der Waals surface area contributed by atoms with Crippen molar-refractivity contribution in [3.05, 3.63) is 41.3 Å². The number of hydrogen-bond acceptors (Lipinski definition) is 2. The molecule has 0 aliphatic rings. The molecule has 4 heteroatoms. The quantitative estimate of drug-likeness (QED) is 0.863. The van der Waals surface area contributed by atoms with Gasteiger partial charge >= 0.3 is 0 Å². The van der Waals surface area contributed by atoms with Gasteiger partial charge in [0.1, 0.15) is 5.82 Å². The molecule has 0 amide bonds. The fourth-order valence-corrected chi connectivity index (χ4v) is 1.54. The van der Waals surface area contributed by atoms with Crippen LogP contribution in [0.2, 0.25) is 0 Å². The van der Waals surface area contributed by atoms with E-state index in [-0.39, 0.29) is 5.82 Å². The molecule has 0 aliphatic carbocycles. The van der Waals surface area contributed by atoms with Crippen LogP contribution in [0.3, 0.4) is 0 Å². The molecular weight excluding hydrogens is 207 g/mol. The molecule has 3 nitrogen and oxygen atoms in total. The molecular formula is C12H13FN2O. The van der Waals surface area contributed by atoms with E-state index in [9.17, 15) is 4.39 Å². The third-order valence-electron chi connectivity index (χ3n) is 2.38. The molecule has 0 fully saturated rings. The Bertz CT molecular complexity index is 494. The number of aromatic amines is 1. The van der Waals surface area contributed by atoms with Gasteiger partial charge in [-0.3, -0.25) is 5.10 Å². The Morgan fingerprint density at radius 3 is 2.88 bits per heavy atom. The number of H-pyrrole nitrogens is 1. The molecule has 0 saturated heterocycles. The van der Waals surface area contributed by atoms with Gasteiger partial charge < -0.3 is 4.74 Å². The molecule has 16 heavy (non-hydrogen) atoms. The minimum atomic E-state index is -0.198. The molecule has 1 aromatic carbocycles. The lowest BCUT2D eigenvalue weighted by Crippen LogP contribution is -1.85. The van der Waals surface area contributed by atoms with Crippen molar-refractivity contribution in [1.29, 1.82) is 0 Å². The maximum Gasteiger partial charge on any atom is 0.126 e. The van der Waals surface area contributed by atoms with E-state index < -0.39 is 0 Å². The van der Waals surface area contributed by atoms with Crippen LogP contribution in [0.25, 0.3) is 11.3 Å². The van der Waals surface area contributed by atoms with Crippen molar-refractivity contribution in [3.63, 3.8) is 0 Å². The zero-order valence-corrected chi connectivity index (χ0v) is 9.25. The first kappa shape index (κ1) is 10.8. The fourth-order valence-electron chi connectivity index (χ4n) is 1.54. The third kappa shape index (κ3) is 2.12. The van der Waals surface area contributed by atoms with Crippen LogP contribution < -0.4 is 0 Å². The maximum absolute atomic E-state index is 13.1. The topological polar surface area (TPSA) is 37.9 Å². The summed E-state index contributed by atoms with van der Waals surface area (Å²) in [6.07, 6.45) is 0. The van der Waals surface area contributed by atoms with E-state index >= 15 is 0 Å². The predicted molar refractivity (Wildman–Crippen MR) is 59.4 cm³/mol. The number of nitrogens with one attached hydrogen (secondary N) is 1. The Morgan fingerprint density at radius 1 is 1.38 bits per heavy atom. The SMILES string of the molecule is COCc1cc(-c2ccc(F)c(C)c2)n[nH]1. The van der Waals surface area contributed by atoms with E-state index in [1.54, 1.807) is 26.2 Å². The molecule has 2 aromatic rings. The molecule has 1 N–H and O–H groups in total. The average molecular weight is 220 g/mol. The Balaban J connectivity index is 2.31. The minimum absolute atomic E-state index is 0.198. The van der Waals surface area contributed by atoms with Gasteiger partial charge in [-0.15, -0.1) is 0 Å². The van der Waals surface area contributed by atoms with Crippen LogP contribution in [0.5, 0.6) is 0 Å². The van der Waals surface area contributed by atoms with Gasteiger partial charge in [0.05, 0.1) is 18.0 Å². The van der Waals surface area contributed by atoms with Crippen LogP contribution in [-0.2, 0) is 11.3 Å². The van der Waals surface area contributed by atoms with Crippen molar-refractivity contribution < 1.29 is 9.13 Å². The van der Waals surface area contributed by atoms with Crippen molar-refractivity contribution in [1.82, 2.24) is 10.2 Å². The molecule has 2 rings (SSSR count). The van der Waals surface area contributed by atoms with Crippen molar-refractivity contribution in [3.8, 4) is 11.3 Å². The molecule has 0 bridgehead atoms. The number of aryl methyl sites for hydroxylation is 1. The summed E-state index contributed by atoms with van der Waals surface area (Å²) >= 11 is 0. The molecule has 0 unspecified atom stereocenters. The van der Waals surface area contributed by atoms with E-state index in [1.165, 1.54) is 6.07 Å². The first-order chi connectivity index (χ1) is 7.70. The summed E-state index contributed by atoms with van der Waals surface area (Å²) in [5, 5.41) is 7.02. The van der Waals surface area contributed by atoms with E-state index in [4.69, 9.17) is 4.74 Å². The van der Waals surface area contributed by atoms with Gasteiger partial charge in [0.15, 0.2) is 0 Å². The van der Waals surface area contributed by atoms with Gasteiger partial charge in [-0.05, 0) is 36.8 Å². The van der Waals surface area contributed by atoms with Crippen molar-refractivity contribution in [2.24, 2.45) is 0 Å². The van der Waals surface area contributed by atoms with Gasteiger partial charge in [-0.2, -0.15) is 5.10 Å². The molecule has 0 radical (unpaired) electrons. The zero-order chi connectivity index (χ0) is 11.5. The number of halogens is 1. The standard InChI is InChI=1S/C12H13FN2O/c1-8-5-9(3-4-11(8)13)12-6-10(7-16-2)14-15-12/h3-6H,7H2,1-2H3,(H,14,15). The Labute approximate surface area is 93.3 Å². The molecule has 84 valence electrons. The first-order valence-corrected chi connectivity index (χ1v) is 5.00. The van der Waals surface area contributed by atoms with Crippen LogP contribution >= 0.6 is 0 Å². The van der Waals surface area contributed by atoms with Crippen molar-refractivity contribution in [2.45, 2.75) is 13.5 Å². The van der Waals surface area contributed by atoms with Crippen LogP contribution in [0.1, 0.15) is 11.3 Å².